The third-order valence-electron chi connectivity index (χ3n) is 4.60. The van der Waals surface area contributed by atoms with E-state index in [1.54, 1.807) is 12.2 Å². The van der Waals surface area contributed by atoms with Gasteiger partial charge in [-0.25, -0.2) is 0 Å². The minimum atomic E-state index is -1.26. The van der Waals surface area contributed by atoms with E-state index in [-0.39, 0.29) is 48.8 Å². The molecular formula is C20H24O4. The van der Waals surface area contributed by atoms with E-state index in [1.165, 1.54) is 27.7 Å². The second-order valence-electron chi connectivity index (χ2n) is 6.03. The maximum absolute atomic E-state index is 11.9. The fourth-order valence-electron chi connectivity index (χ4n) is 2.63. The quantitative estimate of drug-likeness (QED) is 0.351. The molecule has 0 saturated carbocycles. The summed E-state index contributed by atoms with van der Waals surface area (Å²) in [7, 11) is 0. The van der Waals surface area contributed by atoms with E-state index in [9.17, 15) is 19.2 Å². The number of rotatable bonds is 10. The lowest BCUT2D eigenvalue weighted by Gasteiger charge is -2.26. The van der Waals surface area contributed by atoms with E-state index >= 15 is 0 Å². The number of hydrogen-bond acceptors (Lipinski definition) is 4. The van der Waals surface area contributed by atoms with Crippen molar-refractivity contribution in [2.45, 2.75) is 53.4 Å². The van der Waals surface area contributed by atoms with Crippen LogP contribution >= 0.6 is 0 Å². The van der Waals surface area contributed by atoms with Gasteiger partial charge in [-0.2, -0.15) is 0 Å². The Bertz CT molecular complexity index is 554. The summed E-state index contributed by atoms with van der Waals surface area (Å²) < 4.78 is 0. The molecule has 0 atom stereocenters. The van der Waals surface area contributed by atoms with Gasteiger partial charge in [0.25, 0.3) is 0 Å². The lowest BCUT2D eigenvalue weighted by Crippen LogP contribution is -2.36. The molecule has 0 amide bonds. The number of hydrogen-bond donors (Lipinski definition) is 0. The number of allylic oxidation sites excluding steroid dienone is 2. The first-order chi connectivity index (χ1) is 11.1. The van der Waals surface area contributed by atoms with Crippen molar-refractivity contribution < 1.29 is 19.2 Å². The highest BCUT2D eigenvalue weighted by atomic mass is 16.2. The number of terminal acetylenes is 2. The monoisotopic (exact) mass is 328 g/mol. The molecule has 128 valence electrons. The molecule has 0 unspecified atom stereocenters. The minimum absolute atomic E-state index is 0.0108. The molecule has 0 spiro atoms. The molecule has 0 aliphatic rings. The second-order valence-corrected chi connectivity index (χ2v) is 6.03. The van der Waals surface area contributed by atoms with Gasteiger partial charge in [-0.05, 0) is 40.5 Å². The van der Waals surface area contributed by atoms with Crippen LogP contribution in [0.1, 0.15) is 53.4 Å². The van der Waals surface area contributed by atoms with Gasteiger partial charge in [0.05, 0.1) is 0 Å². The highest BCUT2D eigenvalue weighted by Gasteiger charge is 2.40. The molecule has 0 fully saturated rings. The molecule has 0 aromatic heterocycles. The van der Waals surface area contributed by atoms with Gasteiger partial charge in [0.1, 0.15) is 34.0 Å². The van der Waals surface area contributed by atoms with Gasteiger partial charge in [0.15, 0.2) is 0 Å². The van der Waals surface area contributed by atoms with Crippen molar-refractivity contribution in [3.8, 4) is 24.7 Å². The van der Waals surface area contributed by atoms with Crippen molar-refractivity contribution in [3.63, 3.8) is 0 Å². The molecule has 0 aromatic rings. The van der Waals surface area contributed by atoms with Crippen LogP contribution in [0.5, 0.6) is 0 Å². The molecule has 4 nitrogen and oxygen atoms in total. The van der Waals surface area contributed by atoms with Crippen LogP contribution in [0.4, 0.5) is 0 Å². The number of carbonyl (C=O) groups excluding carboxylic acids is 4. The number of ketones is 4. The predicted octanol–water partition coefficient (Wildman–Crippen LogP) is 2.70. The Kier molecular flexibility index (Phi) is 8.07. The van der Waals surface area contributed by atoms with Gasteiger partial charge in [-0.3, -0.25) is 19.2 Å². The Morgan fingerprint density at radius 3 is 1.12 bits per heavy atom. The maximum atomic E-state index is 11.9. The SMILES string of the molecule is C#CCC(C/C=C/CC(CC#C)(C(C)=O)C(C)=O)(C(C)=O)C(C)=O. The molecule has 0 saturated heterocycles. The molecule has 0 aromatic carbocycles. The largest absolute Gasteiger partial charge is 0.299 e. The fraction of sp³-hybridized carbons (Fsp3) is 0.500. The van der Waals surface area contributed by atoms with E-state index < -0.39 is 10.8 Å². The Balaban J connectivity index is 5.46. The van der Waals surface area contributed by atoms with E-state index in [2.05, 4.69) is 11.8 Å². The Hall–Kier alpha value is -2.46. The maximum Gasteiger partial charge on any atom is 0.144 e. The van der Waals surface area contributed by atoms with Gasteiger partial charge in [0.2, 0.25) is 0 Å². The minimum Gasteiger partial charge on any atom is -0.299 e. The average Bonchev–Trinajstić information content (AvgIpc) is 2.47. The lowest BCUT2D eigenvalue weighted by molar-refractivity contribution is -0.139. The molecule has 24 heavy (non-hydrogen) atoms. The summed E-state index contributed by atoms with van der Waals surface area (Å²) in [5, 5.41) is 0. The first-order valence-corrected chi connectivity index (χ1v) is 7.66. The van der Waals surface area contributed by atoms with Gasteiger partial charge in [0, 0.05) is 12.8 Å². The van der Waals surface area contributed by atoms with Crippen LogP contribution in [0.2, 0.25) is 0 Å². The molecule has 4 heteroatoms. The van der Waals surface area contributed by atoms with Crippen LogP contribution in [0.3, 0.4) is 0 Å². The summed E-state index contributed by atoms with van der Waals surface area (Å²) in [5.74, 6) is 3.55. The summed E-state index contributed by atoms with van der Waals surface area (Å²) in [6.45, 7) is 5.33. The number of carbonyl (C=O) groups is 4. The lowest BCUT2D eigenvalue weighted by atomic mass is 9.73. The summed E-state index contributed by atoms with van der Waals surface area (Å²) in [5.41, 5.74) is -2.51. The van der Waals surface area contributed by atoms with Gasteiger partial charge in [-0.15, -0.1) is 24.7 Å². The van der Waals surface area contributed by atoms with E-state index in [4.69, 9.17) is 12.8 Å². The van der Waals surface area contributed by atoms with Crippen LogP contribution in [0.25, 0.3) is 0 Å². The zero-order chi connectivity index (χ0) is 19.0. The van der Waals surface area contributed by atoms with Crippen LogP contribution in [-0.2, 0) is 19.2 Å². The second kappa shape index (κ2) is 8.99. The Morgan fingerprint density at radius 1 is 0.708 bits per heavy atom. The van der Waals surface area contributed by atoms with E-state index in [1.807, 2.05) is 0 Å². The van der Waals surface area contributed by atoms with Crippen LogP contribution in [-0.4, -0.2) is 23.1 Å². The van der Waals surface area contributed by atoms with Crippen LogP contribution in [0, 0.1) is 35.5 Å². The third kappa shape index (κ3) is 4.52. The van der Waals surface area contributed by atoms with Gasteiger partial charge >= 0.3 is 0 Å². The smallest absolute Gasteiger partial charge is 0.144 e. The Morgan fingerprint density at radius 2 is 0.958 bits per heavy atom. The van der Waals surface area contributed by atoms with Crippen molar-refractivity contribution in [2.24, 2.45) is 10.8 Å². The zero-order valence-corrected chi connectivity index (χ0v) is 14.8. The zero-order valence-electron chi connectivity index (χ0n) is 14.8. The highest BCUT2D eigenvalue weighted by molar-refractivity contribution is 6.06. The summed E-state index contributed by atoms with van der Waals surface area (Å²) in [4.78, 5) is 47.7. The molecule has 0 radical (unpaired) electrons. The molecule has 0 bridgehead atoms. The van der Waals surface area contributed by atoms with Gasteiger partial charge in [-0.1, -0.05) is 12.2 Å². The van der Waals surface area contributed by atoms with Crippen molar-refractivity contribution >= 4 is 23.1 Å². The van der Waals surface area contributed by atoms with Gasteiger partial charge < -0.3 is 0 Å². The van der Waals surface area contributed by atoms with Crippen LogP contribution in [0.15, 0.2) is 12.2 Å². The van der Waals surface area contributed by atoms with Crippen molar-refractivity contribution in [1.82, 2.24) is 0 Å². The summed E-state index contributed by atoms with van der Waals surface area (Å²) in [6, 6.07) is 0. The first kappa shape index (κ1) is 21.5. The van der Waals surface area contributed by atoms with Crippen molar-refractivity contribution in [1.29, 1.82) is 0 Å². The Labute approximate surface area is 144 Å². The average molecular weight is 328 g/mol. The highest BCUT2D eigenvalue weighted by Crippen LogP contribution is 2.32. The van der Waals surface area contributed by atoms with Crippen molar-refractivity contribution in [3.05, 3.63) is 12.2 Å². The predicted molar refractivity (Wildman–Crippen MR) is 92.9 cm³/mol. The van der Waals surface area contributed by atoms with E-state index in [0.29, 0.717) is 0 Å². The first-order valence-electron chi connectivity index (χ1n) is 7.66. The number of Topliss-reactive ketones (excluding diaryl/α,β-unsaturated/α-hetero) is 4. The normalized spacial score (nSPS) is 11.6. The topological polar surface area (TPSA) is 68.3 Å². The van der Waals surface area contributed by atoms with Crippen LogP contribution < -0.4 is 0 Å². The molecular weight excluding hydrogens is 304 g/mol. The fourth-order valence-corrected chi connectivity index (χ4v) is 2.63. The molecule has 0 N–H and O–H groups in total. The van der Waals surface area contributed by atoms with E-state index in [0.717, 1.165) is 0 Å². The third-order valence-corrected chi connectivity index (χ3v) is 4.60. The van der Waals surface area contributed by atoms with Crippen molar-refractivity contribution in [2.75, 3.05) is 0 Å². The molecule has 0 aliphatic heterocycles. The molecule has 0 heterocycles. The summed E-state index contributed by atoms with van der Waals surface area (Å²) >= 11 is 0. The summed E-state index contributed by atoms with van der Waals surface area (Å²) in [6.07, 6.45) is 14.1. The molecule has 0 rings (SSSR count). The standard InChI is InChI=1S/C20H24O4/c1-7-11-19(15(3)21,16(4)22)13-9-10-14-20(12-8-2,17(5)23)18(6)24/h1-2,9-10H,11-14H2,3-6H3/b10-9+. The molecule has 0 aliphatic carbocycles.